The Hall–Kier alpha value is -1.67. The number of fused-ring (bicyclic) bond motifs is 1. The van der Waals surface area contributed by atoms with Crippen LogP contribution in [0.2, 0.25) is 0 Å². The summed E-state index contributed by atoms with van der Waals surface area (Å²) in [5.74, 6) is 0. The Bertz CT molecular complexity index is 359. The molecule has 2 N–H and O–H groups in total. The summed E-state index contributed by atoms with van der Waals surface area (Å²) in [6.45, 7) is 0. The van der Waals surface area contributed by atoms with E-state index in [9.17, 15) is 0 Å². The normalized spacial score (nSPS) is 8.83. The van der Waals surface area contributed by atoms with E-state index in [0.717, 1.165) is 10.2 Å². The second-order valence-corrected chi connectivity index (χ2v) is 3.08. The molecule has 60 valence electrons. The van der Waals surface area contributed by atoms with Crippen molar-refractivity contribution in [3.8, 4) is 0 Å². The lowest BCUT2D eigenvalue weighted by Crippen LogP contribution is -1.78. The molecule has 0 aliphatic rings. The van der Waals surface area contributed by atoms with Crippen LogP contribution in [0.15, 0.2) is 24.3 Å². The lowest BCUT2D eigenvalue weighted by atomic mass is 10.3. The second-order valence-electron chi connectivity index (χ2n) is 2.02. The molecule has 2 rings (SSSR count). The third kappa shape index (κ3) is 1.49. The summed E-state index contributed by atoms with van der Waals surface area (Å²) in [6.07, 6.45) is 0. The number of hydrogen-bond donors (Lipinski definition) is 1. The molecule has 0 unspecified atom stereocenters. The molecule has 0 saturated heterocycles. The molecular formula is C7H6N4S. The maximum Gasteiger partial charge on any atom is 0.181 e. The zero-order chi connectivity index (χ0) is 8.97. The van der Waals surface area contributed by atoms with Crippen LogP contribution >= 0.6 is 11.3 Å². The van der Waals surface area contributed by atoms with Crippen molar-refractivity contribution in [3.05, 3.63) is 24.3 Å². The maximum absolute atomic E-state index is 6.00. The van der Waals surface area contributed by atoms with E-state index in [1.165, 1.54) is 11.3 Å². The Morgan fingerprint density at radius 2 is 1.92 bits per heavy atom. The molecule has 12 heavy (non-hydrogen) atoms. The minimum atomic E-state index is 0.640. The lowest BCUT2D eigenvalue weighted by Gasteiger charge is -1.80. The highest BCUT2D eigenvalue weighted by molar-refractivity contribution is 7.22. The van der Waals surface area contributed by atoms with Crippen LogP contribution in [0, 0.1) is 10.8 Å². The molecule has 0 aliphatic carbocycles. The van der Waals surface area contributed by atoms with Gasteiger partial charge in [-0.3, -0.25) is 0 Å². The fourth-order valence-electron chi connectivity index (χ4n) is 0.890. The van der Waals surface area contributed by atoms with Crippen LogP contribution in [0.25, 0.3) is 10.2 Å². The summed E-state index contributed by atoms with van der Waals surface area (Å²) in [7, 11) is 0. The number of hydrogen-bond acceptors (Lipinski definition) is 5. The molecule has 0 aliphatic heterocycles. The number of nitrogen functional groups attached to an aromatic ring is 1. The average Bonchev–Trinajstić information content (AvgIpc) is 2.48. The van der Waals surface area contributed by atoms with Crippen molar-refractivity contribution in [1.82, 2.24) is 4.98 Å². The lowest BCUT2D eigenvalue weighted by molar-refractivity contribution is 1.15. The highest BCUT2D eigenvalue weighted by Crippen LogP contribution is 2.22. The highest BCUT2D eigenvalue weighted by atomic mass is 32.1. The number of rotatable bonds is 0. The monoisotopic (exact) mass is 178 g/mol. The van der Waals surface area contributed by atoms with Gasteiger partial charge in [0, 0.05) is 10.8 Å². The van der Waals surface area contributed by atoms with E-state index in [1.54, 1.807) is 0 Å². The summed E-state index contributed by atoms with van der Waals surface area (Å²) in [5, 5.41) is 12.6. The van der Waals surface area contributed by atoms with Gasteiger partial charge in [-0.2, -0.15) is 0 Å². The average molecular weight is 178 g/mol. The molecule has 0 saturated carbocycles. The molecule has 0 fully saturated rings. The molecule has 1 aromatic heterocycles. The third-order valence-electron chi connectivity index (χ3n) is 1.31. The molecule has 5 heteroatoms. The Morgan fingerprint density at radius 1 is 1.25 bits per heavy atom. The summed E-state index contributed by atoms with van der Waals surface area (Å²) in [4.78, 5) is 4.11. The van der Waals surface area contributed by atoms with E-state index in [0.29, 0.717) is 5.13 Å². The molecule has 0 radical (unpaired) electrons. The Balaban J connectivity index is 0.000000336. The zero-order valence-corrected chi connectivity index (χ0v) is 6.95. The Kier molecular flexibility index (Phi) is 2.56. The topological polar surface area (TPSA) is 86.5 Å². The first-order chi connectivity index (χ1) is 5.86. The molecule has 1 heterocycles. The first kappa shape index (κ1) is 8.43. The molecule has 0 atom stereocenters. The van der Waals surface area contributed by atoms with Gasteiger partial charge >= 0.3 is 0 Å². The van der Waals surface area contributed by atoms with Crippen molar-refractivity contribution in [2.24, 2.45) is 0 Å². The predicted molar refractivity (Wildman–Crippen MR) is 47.5 cm³/mol. The standard InChI is InChI=1S/C7H6N2S.N2/c8-7-9-5-3-1-2-4-6(5)10-7;1-2/h1-4H,(H2,8,9);. The van der Waals surface area contributed by atoms with Gasteiger partial charge in [0.05, 0.1) is 10.2 Å². The van der Waals surface area contributed by atoms with Crippen molar-refractivity contribution in [2.75, 3.05) is 5.73 Å². The SMILES string of the molecule is N#N.Nc1nc2ccccc2s1. The van der Waals surface area contributed by atoms with Crippen molar-refractivity contribution < 1.29 is 0 Å². The van der Waals surface area contributed by atoms with E-state index in [-0.39, 0.29) is 0 Å². The number of aromatic nitrogens is 1. The van der Waals surface area contributed by atoms with Gasteiger partial charge in [0.15, 0.2) is 5.13 Å². The van der Waals surface area contributed by atoms with E-state index in [4.69, 9.17) is 16.5 Å². The van der Waals surface area contributed by atoms with Crippen LogP contribution in [0.5, 0.6) is 0 Å². The van der Waals surface area contributed by atoms with E-state index in [2.05, 4.69) is 4.98 Å². The Labute approximate surface area is 73.1 Å². The maximum atomic E-state index is 6.00. The van der Waals surface area contributed by atoms with Crippen molar-refractivity contribution in [1.29, 1.82) is 10.8 Å². The minimum absolute atomic E-state index is 0.640. The fourth-order valence-corrected chi connectivity index (χ4v) is 1.62. The van der Waals surface area contributed by atoms with Gasteiger partial charge in [0.25, 0.3) is 0 Å². The largest absolute Gasteiger partial charge is 0.375 e. The van der Waals surface area contributed by atoms with Crippen molar-refractivity contribution in [2.45, 2.75) is 0 Å². The van der Waals surface area contributed by atoms with Crippen molar-refractivity contribution in [3.63, 3.8) is 0 Å². The van der Waals surface area contributed by atoms with Gasteiger partial charge in [-0.25, -0.2) is 4.98 Å². The molecule has 0 amide bonds. The highest BCUT2D eigenvalue weighted by Gasteiger charge is 1.96. The molecular weight excluding hydrogens is 172 g/mol. The zero-order valence-electron chi connectivity index (χ0n) is 6.14. The predicted octanol–water partition coefficient (Wildman–Crippen LogP) is 1.91. The van der Waals surface area contributed by atoms with E-state index in [1.807, 2.05) is 24.3 Å². The third-order valence-corrected chi connectivity index (χ3v) is 2.18. The second kappa shape index (κ2) is 3.64. The van der Waals surface area contributed by atoms with Crippen LogP contribution in [-0.2, 0) is 0 Å². The van der Waals surface area contributed by atoms with Crippen LogP contribution in [0.1, 0.15) is 0 Å². The van der Waals surface area contributed by atoms with E-state index < -0.39 is 0 Å². The quantitative estimate of drug-likeness (QED) is 0.624. The van der Waals surface area contributed by atoms with Crippen LogP contribution in [0.3, 0.4) is 0 Å². The summed E-state index contributed by atoms with van der Waals surface area (Å²) in [5.41, 5.74) is 6.49. The van der Waals surface area contributed by atoms with Gasteiger partial charge in [0.2, 0.25) is 0 Å². The smallest absolute Gasteiger partial charge is 0.181 e. The van der Waals surface area contributed by atoms with Gasteiger partial charge in [-0.05, 0) is 12.1 Å². The number of anilines is 1. The molecule has 2 aromatic rings. The number of thiazole rings is 1. The number of nitrogens with zero attached hydrogens (tertiary/aromatic N) is 3. The van der Waals surface area contributed by atoms with Gasteiger partial charge in [-0.15, -0.1) is 0 Å². The fraction of sp³-hybridized carbons (Fsp3) is 0. The molecule has 0 spiro atoms. The first-order valence-electron chi connectivity index (χ1n) is 3.17. The van der Waals surface area contributed by atoms with Crippen molar-refractivity contribution >= 4 is 26.7 Å². The van der Waals surface area contributed by atoms with Gasteiger partial charge < -0.3 is 5.73 Å². The summed E-state index contributed by atoms with van der Waals surface area (Å²) in [6, 6.07) is 7.92. The summed E-state index contributed by atoms with van der Waals surface area (Å²) < 4.78 is 1.15. The number of nitrogens with two attached hydrogens (primary N) is 1. The molecule has 1 aromatic carbocycles. The van der Waals surface area contributed by atoms with E-state index >= 15 is 0 Å². The van der Waals surface area contributed by atoms with Crippen LogP contribution in [-0.4, -0.2) is 4.98 Å². The number of para-hydroxylation sites is 1. The minimum Gasteiger partial charge on any atom is -0.375 e. The molecule has 0 bridgehead atoms. The van der Waals surface area contributed by atoms with Crippen LogP contribution < -0.4 is 5.73 Å². The number of benzene rings is 1. The summed E-state index contributed by atoms with van der Waals surface area (Å²) >= 11 is 1.52. The molecule has 4 nitrogen and oxygen atoms in total. The van der Waals surface area contributed by atoms with Gasteiger partial charge in [0.1, 0.15) is 0 Å². The van der Waals surface area contributed by atoms with Crippen LogP contribution in [0.4, 0.5) is 5.13 Å². The Morgan fingerprint density at radius 3 is 2.58 bits per heavy atom. The van der Waals surface area contributed by atoms with Gasteiger partial charge in [-0.1, -0.05) is 23.5 Å². The first-order valence-corrected chi connectivity index (χ1v) is 3.99.